The van der Waals surface area contributed by atoms with Crippen LogP contribution < -0.4 is 0 Å². The molecule has 1 aliphatic heterocycles. The largest absolute Gasteiger partial charge is 0.481 e. The molecule has 0 atom stereocenters. The number of hydrogen-bond acceptors (Lipinski definition) is 5. The van der Waals surface area contributed by atoms with E-state index in [9.17, 15) is 9.59 Å². The van der Waals surface area contributed by atoms with Crippen LogP contribution in [0.3, 0.4) is 0 Å². The highest BCUT2D eigenvalue weighted by Gasteiger charge is 2.31. The van der Waals surface area contributed by atoms with Gasteiger partial charge in [-0.2, -0.15) is 0 Å². The van der Waals surface area contributed by atoms with Gasteiger partial charge in [0.1, 0.15) is 15.8 Å². The number of benzene rings is 1. The summed E-state index contributed by atoms with van der Waals surface area (Å²) in [6.45, 7) is 0.504. The Morgan fingerprint density at radius 1 is 1.18 bits per heavy atom. The first-order chi connectivity index (χ1) is 13.4. The van der Waals surface area contributed by atoms with Crippen molar-refractivity contribution in [1.29, 1.82) is 0 Å². The highest BCUT2D eigenvalue weighted by molar-refractivity contribution is 9.10. The number of hydrogen-bond donors (Lipinski definition) is 1. The van der Waals surface area contributed by atoms with Crippen molar-refractivity contribution in [3.63, 3.8) is 0 Å². The van der Waals surface area contributed by atoms with E-state index in [0.29, 0.717) is 28.0 Å². The Morgan fingerprint density at radius 3 is 2.64 bits per heavy atom. The first-order valence-electron chi connectivity index (χ1n) is 8.77. The summed E-state index contributed by atoms with van der Waals surface area (Å²) >= 11 is 9.99. The van der Waals surface area contributed by atoms with Gasteiger partial charge in [0.05, 0.1) is 4.91 Å². The van der Waals surface area contributed by atoms with E-state index in [1.807, 2.05) is 36.4 Å². The van der Waals surface area contributed by atoms with Crippen molar-refractivity contribution in [2.24, 2.45) is 0 Å². The molecule has 28 heavy (non-hydrogen) atoms. The number of thiocarbonyl (C=S) groups is 1. The molecular weight excluding hydrogens is 462 g/mol. The molecule has 146 valence electrons. The highest BCUT2D eigenvalue weighted by Crippen LogP contribution is 2.34. The number of carboxylic acid groups (broad SMARTS) is 1. The minimum atomic E-state index is -0.797. The average molecular weight is 480 g/mol. The summed E-state index contributed by atoms with van der Waals surface area (Å²) in [6, 6.07) is 11.5. The quantitative estimate of drug-likeness (QED) is 0.303. The third-order valence-corrected chi connectivity index (χ3v) is 6.08. The fourth-order valence-electron chi connectivity index (χ4n) is 2.74. The van der Waals surface area contributed by atoms with Gasteiger partial charge in [-0.3, -0.25) is 14.5 Å². The van der Waals surface area contributed by atoms with Gasteiger partial charge in [0.25, 0.3) is 5.91 Å². The summed E-state index contributed by atoms with van der Waals surface area (Å²) in [5, 5.41) is 8.66. The molecule has 1 N–H and O–H groups in total. The van der Waals surface area contributed by atoms with Crippen LogP contribution in [0.2, 0.25) is 0 Å². The summed E-state index contributed by atoms with van der Waals surface area (Å²) in [4.78, 5) is 25.3. The number of rotatable bonds is 8. The van der Waals surface area contributed by atoms with Crippen molar-refractivity contribution in [1.82, 2.24) is 4.90 Å². The van der Waals surface area contributed by atoms with Gasteiger partial charge in [-0.15, -0.1) is 0 Å². The molecule has 1 saturated heterocycles. The smallest absolute Gasteiger partial charge is 0.303 e. The van der Waals surface area contributed by atoms with Gasteiger partial charge in [0, 0.05) is 29.1 Å². The van der Waals surface area contributed by atoms with E-state index >= 15 is 0 Å². The molecule has 0 spiro atoms. The molecule has 8 heteroatoms. The molecular formula is C20H18BrNO4S2. The molecule has 1 aromatic heterocycles. The predicted octanol–water partition coefficient (Wildman–Crippen LogP) is 5.56. The number of carbonyl (C=O) groups excluding carboxylic acids is 1. The summed E-state index contributed by atoms with van der Waals surface area (Å²) in [5.41, 5.74) is 0.955. The van der Waals surface area contributed by atoms with Crippen LogP contribution in [0.4, 0.5) is 0 Å². The van der Waals surface area contributed by atoms with Crippen LogP contribution in [0.5, 0.6) is 0 Å². The lowest BCUT2D eigenvalue weighted by Gasteiger charge is -2.13. The van der Waals surface area contributed by atoms with E-state index in [1.165, 1.54) is 11.8 Å². The van der Waals surface area contributed by atoms with Gasteiger partial charge in [-0.05, 0) is 37.1 Å². The normalized spacial score (nSPS) is 15.6. The molecule has 2 heterocycles. The standard InChI is InChI=1S/C20H18BrNO4S2/c21-14-7-5-13(6-8-14)16-10-9-15(26-16)12-17-19(25)22(20(27)28-17)11-3-1-2-4-18(23)24/h5-10,12H,1-4,11H2,(H,23,24)/b17-12+. The van der Waals surface area contributed by atoms with Gasteiger partial charge >= 0.3 is 5.97 Å². The number of unbranched alkanes of at least 4 members (excludes halogenated alkanes) is 2. The maximum absolute atomic E-state index is 12.6. The summed E-state index contributed by atoms with van der Waals surface area (Å²) < 4.78 is 7.37. The van der Waals surface area contributed by atoms with Crippen LogP contribution in [0.15, 0.2) is 50.2 Å². The number of nitrogens with zero attached hydrogens (tertiary/aromatic N) is 1. The number of thioether (sulfide) groups is 1. The van der Waals surface area contributed by atoms with Gasteiger partial charge in [-0.1, -0.05) is 58.5 Å². The molecule has 0 bridgehead atoms. The van der Waals surface area contributed by atoms with Crippen LogP contribution in [-0.4, -0.2) is 32.7 Å². The van der Waals surface area contributed by atoms with Crippen molar-refractivity contribution in [3.05, 3.63) is 51.5 Å². The predicted molar refractivity (Wildman–Crippen MR) is 118 cm³/mol. The monoisotopic (exact) mass is 479 g/mol. The van der Waals surface area contributed by atoms with Crippen LogP contribution in [0.1, 0.15) is 31.4 Å². The van der Waals surface area contributed by atoms with Crippen molar-refractivity contribution in [2.45, 2.75) is 25.7 Å². The van der Waals surface area contributed by atoms with Crippen LogP contribution >= 0.6 is 39.9 Å². The van der Waals surface area contributed by atoms with E-state index in [0.717, 1.165) is 28.6 Å². The lowest BCUT2D eigenvalue weighted by molar-refractivity contribution is -0.137. The lowest BCUT2D eigenvalue weighted by atomic mass is 10.2. The maximum atomic E-state index is 12.6. The van der Waals surface area contributed by atoms with Crippen molar-refractivity contribution in [3.8, 4) is 11.3 Å². The Morgan fingerprint density at radius 2 is 1.93 bits per heavy atom. The van der Waals surface area contributed by atoms with E-state index in [-0.39, 0.29) is 12.3 Å². The van der Waals surface area contributed by atoms with Gasteiger partial charge in [-0.25, -0.2) is 0 Å². The van der Waals surface area contributed by atoms with Crippen LogP contribution in [-0.2, 0) is 9.59 Å². The number of aliphatic carboxylic acids is 1. The fourth-order valence-corrected chi connectivity index (χ4v) is 4.30. The summed E-state index contributed by atoms with van der Waals surface area (Å²) in [5.74, 6) is 0.400. The second-order valence-corrected chi connectivity index (χ2v) is 8.84. The molecule has 3 rings (SSSR count). The fraction of sp³-hybridized carbons (Fsp3) is 0.250. The second-order valence-electron chi connectivity index (χ2n) is 6.25. The molecule has 0 aliphatic carbocycles. The molecule has 1 aliphatic rings. The van der Waals surface area contributed by atoms with Crippen molar-refractivity contribution in [2.75, 3.05) is 6.54 Å². The number of furan rings is 1. The van der Waals surface area contributed by atoms with Crippen LogP contribution in [0, 0.1) is 0 Å². The minimum absolute atomic E-state index is 0.130. The van der Waals surface area contributed by atoms with E-state index in [4.69, 9.17) is 21.7 Å². The molecule has 0 saturated carbocycles. The maximum Gasteiger partial charge on any atom is 0.303 e. The third-order valence-electron chi connectivity index (χ3n) is 4.17. The Balaban J connectivity index is 1.62. The van der Waals surface area contributed by atoms with E-state index in [2.05, 4.69) is 15.9 Å². The Labute approximate surface area is 180 Å². The topological polar surface area (TPSA) is 70.8 Å². The first kappa shape index (κ1) is 20.8. The zero-order chi connectivity index (χ0) is 20.1. The molecule has 1 amide bonds. The molecule has 0 unspecified atom stereocenters. The average Bonchev–Trinajstić information content (AvgIpc) is 3.22. The lowest BCUT2D eigenvalue weighted by Crippen LogP contribution is -2.29. The second kappa shape index (κ2) is 9.54. The minimum Gasteiger partial charge on any atom is -0.481 e. The molecule has 1 fully saturated rings. The highest BCUT2D eigenvalue weighted by atomic mass is 79.9. The molecule has 5 nitrogen and oxygen atoms in total. The van der Waals surface area contributed by atoms with Gasteiger partial charge in [0.2, 0.25) is 0 Å². The van der Waals surface area contributed by atoms with Crippen LogP contribution in [0.25, 0.3) is 17.4 Å². The molecule has 0 radical (unpaired) electrons. The Hall–Kier alpha value is -1.90. The molecule has 2 aromatic rings. The molecule has 1 aromatic carbocycles. The summed E-state index contributed by atoms with van der Waals surface area (Å²) in [7, 11) is 0. The zero-order valence-electron chi connectivity index (χ0n) is 14.9. The SMILES string of the molecule is O=C(O)CCCCCN1C(=O)/C(=C\c2ccc(-c3ccc(Br)cc3)o2)SC1=S. The van der Waals surface area contributed by atoms with Crippen molar-refractivity contribution < 1.29 is 19.1 Å². The van der Waals surface area contributed by atoms with Gasteiger partial charge in [0.15, 0.2) is 0 Å². The first-order valence-corrected chi connectivity index (χ1v) is 10.8. The van der Waals surface area contributed by atoms with Gasteiger partial charge < -0.3 is 9.52 Å². The van der Waals surface area contributed by atoms with E-state index in [1.54, 1.807) is 11.0 Å². The number of carboxylic acids is 1. The van der Waals surface area contributed by atoms with E-state index < -0.39 is 5.97 Å². The number of halogens is 1. The zero-order valence-corrected chi connectivity index (χ0v) is 18.1. The van der Waals surface area contributed by atoms with Crippen molar-refractivity contribution >= 4 is 62.2 Å². The summed E-state index contributed by atoms with van der Waals surface area (Å²) in [6.07, 6.45) is 3.94. The number of carbonyl (C=O) groups is 2. The third kappa shape index (κ3) is 5.33. The Bertz CT molecular complexity index is 921. The Kier molecular flexibility index (Phi) is 7.09. The number of amides is 1.